The third kappa shape index (κ3) is 2.56. The summed E-state index contributed by atoms with van der Waals surface area (Å²) in [6, 6.07) is 8.94. The van der Waals surface area contributed by atoms with Gasteiger partial charge in [0.05, 0.1) is 0 Å². The van der Waals surface area contributed by atoms with Crippen LogP contribution in [0.15, 0.2) is 24.3 Å². The summed E-state index contributed by atoms with van der Waals surface area (Å²) in [4.78, 5) is 0. The number of benzene rings is 1. The van der Waals surface area contributed by atoms with Gasteiger partial charge in [-0.15, -0.1) is 0 Å². The van der Waals surface area contributed by atoms with Crippen LogP contribution in [0.4, 0.5) is 0 Å². The first kappa shape index (κ1) is 11.2. The molecule has 0 aliphatic carbocycles. The summed E-state index contributed by atoms with van der Waals surface area (Å²) in [5, 5.41) is 3.32. The van der Waals surface area contributed by atoms with Crippen LogP contribution in [0, 0.1) is 12.8 Å². The molecule has 2 nitrogen and oxygen atoms in total. The maximum Gasteiger partial charge on any atom is 0.0355 e. The topological polar surface area (TPSA) is 38.0 Å². The Morgan fingerprint density at radius 2 is 2.14 bits per heavy atom. The number of nitrogens with one attached hydrogen (secondary N) is 1. The van der Waals surface area contributed by atoms with Crippen molar-refractivity contribution in [3.8, 4) is 0 Å². The maximum absolute atomic E-state index is 5.68. The van der Waals surface area contributed by atoms with Gasteiger partial charge in [0.1, 0.15) is 0 Å². The molecule has 0 fully saturated rings. The number of hydrogen-bond donors (Lipinski definition) is 2. The van der Waals surface area contributed by atoms with Gasteiger partial charge in [-0.1, -0.05) is 36.8 Å². The SMILES string of the molecule is CNC(c1cccc(C)c1)C(C)CN. The van der Waals surface area contributed by atoms with Crippen molar-refractivity contribution in [1.29, 1.82) is 0 Å². The molecule has 0 spiro atoms. The summed E-state index contributed by atoms with van der Waals surface area (Å²) >= 11 is 0. The van der Waals surface area contributed by atoms with Gasteiger partial charge < -0.3 is 11.1 Å². The van der Waals surface area contributed by atoms with Crippen molar-refractivity contribution >= 4 is 0 Å². The molecule has 0 aromatic heterocycles. The zero-order chi connectivity index (χ0) is 10.6. The Hall–Kier alpha value is -0.860. The standard InChI is InChI=1S/C12H20N2/c1-9-5-4-6-11(7-9)12(14-3)10(2)8-13/h4-7,10,12,14H,8,13H2,1-3H3. The molecular formula is C12H20N2. The molecule has 0 bridgehead atoms. The Kier molecular flexibility index (Phi) is 4.11. The van der Waals surface area contributed by atoms with E-state index in [0.717, 1.165) is 0 Å². The van der Waals surface area contributed by atoms with Crippen molar-refractivity contribution in [1.82, 2.24) is 5.32 Å². The fourth-order valence-corrected chi connectivity index (χ4v) is 1.78. The summed E-state index contributed by atoms with van der Waals surface area (Å²) < 4.78 is 0. The molecule has 2 unspecified atom stereocenters. The largest absolute Gasteiger partial charge is 0.330 e. The van der Waals surface area contributed by atoms with Crippen LogP contribution in [-0.4, -0.2) is 13.6 Å². The Morgan fingerprint density at radius 1 is 1.43 bits per heavy atom. The molecule has 1 aromatic rings. The maximum atomic E-state index is 5.68. The molecular weight excluding hydrogens is 172 g/mol. The quantitative estimate of drug-likeness (QED) is 0.764. The average Bonchev–Trinajstić information content (AvgIpc) is 2.19. The Bertz CT molecular complexity index is 283. The molecule has 3 N–H and O–H groups in total. The second-order valence-electron chi connectivity index (χ2n) is 3.89. The van der Waals surface area contributed by atoms with E-state index in [1.165, 1.54) is 11.1 Å². The van der Waals surface area contributed by atoms with Crippen molar-refractivity contribution in [2.45, 2.75) is 19.9 Å². The van der Waals surface area contributed by atoms with Crippen molar-refractivity contribution in [3.63, 3.8) is 0 Å². The van der Waals surface area contributed by atoms with Gasteiger partial charge in [0.25, 0.3) is 0 Å². The third-order valence-corrected chi connectivity index (χ3v) is 2.65. The number of hydrogen-bond acceptors (Lipinski definition) is 2. The van der Waals surface area contributed by atoms with E-state index >= 15 is 0 Å². The molecule has 0 radical (unpaired) electrons. The summed E-state index contributed by atoms with van der Waals surface area (Å²) in [5.74, 6) is 0.460. The Morgan fingerprint density at radius 3 is 2.64 bits per heavy atom. The summed E-state index contributed by atoms with van der Waals surface area (Å²) in [5.41, 5.74) is 8.31. The molecule has 0 aliphatic rings. The van der Waals surface area contributed by atoms with E-state index in [1.54, 1.807) is 0 Å². The van der Waals surface area contributed by atoms with Gasteiger partial charge in [-0.05, 0) is 32.0 Å². The third-order valence-electron chi connectivity index (χ3n) is 2.65. The van der Waals surface area contributed by atoms with E-state index in [4.69, 9.17) is 5.73 Å². The summed E-state index contributed by atoms with van der Waals surface area (Å²) in [6.07, 6.45) is 0. The molecule has 14 heavy (non-hydrogen) atoms. The average molecular weight is 192 g/mol. The monoisotopic (exact) mass is 192 g/mol. The highest BCUT2D eigenvalue weighted by atomic mass is 14.9. The molecule has 0 heterocycles. The number of nitrogens with two attached hydrogens (primary N) is 1. The van der Waals surface area contributed by atoms with Gasteiger partial charge in [-0.25, -0.2) is 0 Å². The first-order valence-electron chi connectivity index (χ1n) is 5.13. The van der Waals surface area contributed by atoms with Gasteiger partial charge >= 0.3 is 0 Å². The normalized spacial score (nSPS) is 15.1. The fourth-order valence-electron chi connectivity index (χ4n) is 1.78. The van der Waals surface area contributed by atoms with Crippen LogP contribution in [0.1, 0.15) is 24.1 Å². The Balaban J connectivity index is 2.89. The number of aryl methyl sites for hydroxylation is 1. The van der Waals surface area contributed by atoms with E-state index in [-0.39, 0.29) is 0 Å². The number of rotatable bonds is 4. The van der Waals surface area contributed by atoms with Gasteiger partial charge in [-0.2, -0.15) is 0 Å². The minimum Gasteiger partial charge on any atom is -0.330 e. The lowest BCUT2D eigenvalue weighted by atomic mass is 9.94. The van der Waals surface area contributed by atoms with Crippen molar-refractivity contribution in [2.24, 2.45) is 11.7 Å². The smallest absolute Gasteiger partial charge is 0.0355 e. The molecule has 0 amide bonds. The van der Waals surface area contributed by atoms with Gasteiger partial charge in [0, 0.05) is 6.04 Å². The van der Waals surface area contributed by atoms with Crippen LogP contribution in [-0.2, 0) is 0 Å². The van der Waals surface area contributed by atoms with Crippen molar-refractivity contribution < 1.29 is 0 Å². The predicted octanol–water partition coefficient (Wildman–Crippen LogP) is 1.85. The molecule has 78 valence electrons. The van der Waals surface area contributed by atoms with E-state index < -0.39 is 0 Å². The predicted molar refractivity (Wildman–Crippen MR) is 61.2 cm³/mol. The lowest BCUT2D eigenvalue weighted by Crippen LogP contribution is -2.28. The molecule has 2 atom stereocenters. The zero-order valence-corrected chi connectivity index (χ0v) is 9.25. The van der Waals surface area contributed by atoms with Crippen LogP contribution in [0.5, 0.6) is 0 Å². The van der Waals surface area contributed by atoms with Gasteiger partial charge in [-0.3, -0.25) is 0 Å². The lowest BCUT2D eigenvalue weighted by Gasteiger charge is -2.23. The van der Waals surface area contributed by atoms with Crippen molar-refractivity contribution in [2.75, 3.05) is 13.6 Å². The van der Waals surface area contributed by atoms with Crippen LogP contribution in [0.25, 0.3) is 0 Å². The fraction of sp³-hybridized carbons (Fsp3) is 0.500. The molecule has 1 rings (SSSR count). The van der Waals surface area contributed by atoms with E-state index in [1.807, 2.05) is 7.05 Å². The second kappa shape index (κ2) is 5.13. The molecule has 1 aromatic carbocycles. The van der Waals surface area contributed by atoms with E-state index in [0.29, 0.717) is 18.5 Å². The minimum atomic E-state index is 0.361. The summed E-state index contributed by atoms with van der Waals surface area (Å²) in [6.45, 7) is 4.99. The van der Waals surface area contributed by atoms with E-state index in [9.17, 15) is 0 Å². The van der Waals surface area contributed by atoms with Gasteiger partial charge in [0.2, 0.25) is 0 Å². The molecule has 0 saturated heterocycles. The summed E-state index contributed by atoms with van der Waals surface area (Å²) in [7, 11) is 1.99. The van der Waals surface area contributed by atoms with Crippen LogP contribution < -0.4 is 11.1 Å². The highest BCUT2D eigenvalue weighted by Gasteiger charge is 2.15. The first-order chi connectivity index (χ1) is 6.69. The van der Waals surface area contributed by atoms with Crippen LogP contribution >= 0.6 is 0 Å². The molecule has 2 heteroatoms. The highest BCUT2D eigenvalue weighted by Crippen LogP contribution is 2.21. The lowest BCUT2D eigenvalue weighted by molar-refractivity contribution is 0.419. The van der Waals surface area contributed by atoms with Gasteiger partial charge in [0.15, 0.2) is 0 Å². The van der Waals surface area contributed by atoms with Crippen LogP contribution in [0.3, 0.4) is 0 Å². The highest BCUT2D eigenvalue weighted by molar-refractivity contribution is 5.25. The van der Waals surface area contributed by atoms with E-state index in [2.05, 4.69) is 43.4 Å². The first-order valence-corrected chi connectivity index (χ1v) is 5.13. The molecule has 0 aliphatic heterocycles. The van der Waals surface area contributed by atoms with Crippen LogP contribution in [0.2, 0.25) is 0 Å². The van der Waals surface area contributed by atoms with Crippen molar-refractivity contribution in [3.05, 3.63) is 35.4 Å². The molecule has 0 saturated carbocycles. The minimum absolute atomic E-state index is 0.361. The zero-order valence-electron chi connectivity index (χ0n) is 9.25. The second-order valence-corrected chi connectivity index (χ2v) is 3.89. The Labute approximate surface area is 86.5 Å².